The number of rotatable bonds is 10. The highest BCUT2D eigenvalue weighted by atomic mass is 16.5. The van der Waals surface area contributed by atoms with Crippen LogP contribution in [0.4, 0.5) is 11.4 Å². The van der Waals surface area contributed by atoms with Gasteiger partial charge in [-0.25, -0.2) is 0 Å². The van der Waals surface area contributed by atoms with Crippen LogP contribution in [0, 0.1) is 0 Å². The van der Waals surface area contributed by atoms with Crippen LogP contribution < -0.4 is 20.7 Å². The molecule has 2 amide bonds. The van der Waals surface area contributed by atoms with Gasteiger partial charge in [0.15, 0.2) is 0 Å². The molecule has 3 aromatic carbocycles. The highest BCUT2D eigenvalue weighted by molar-refractivity contribution is 6.00. The molecule has 6 heteroatoms. The summed E-state index contributed by atoms with van der Waals surface area (Å²) in [4.78, 5) is 25.0. The van der Waals surface area contributed by atoms with Crippen LogP contribution in [-0.4, -0.2) is 32.0 Å². The Morgan fingerprint density at radius 2 is 1.56 bits per heavy atom. The molecule has 0 heterocycles. The SMILES string of the molecule is CCc1ccc(NC(=O)CNc2ccccc2C(=O)NCCc2ccc(OC)cc2)cc1. The third-order valence-electron chi connectivity index (χ3n) is 5.12. The van der Waals surface area contributed by atoms with Crippen LogP contribution in [0.2, 0.25) is 0 Å². The molecule has 0 saturated heterocycles. The van der Waals surface area contributed by atoms with Crippen molar-refractivity contribution in [2.45, 2.75) is 19.8 Å². The van der Waals surface area contributed by atoms with E-state index in [1.807, 2.05) is 54.6 Å². The Morgan fingerprint density at radius 3 is 2.25 bits per heavy atom. The minimum absolute atomic E-state index is 0.0612. The summed E-state index contributed by atoms with van der Waals surface area (Å²) in [7, 11) is 1.63. The third-order valence-corrected chi connectivity index (χ3v) is 5.12. The highest BCUT2D eigenvalue weighted by Crippen LogP contribution is 2.16. The van der Waals surface area contributed by atoms with E-state index in [-0.39, 0.29) is 18.4 Å². The molecule has 0 bridgehead atoms. The Morgan fingerprint density at radius 1 is 0.875 bits per heavy atom. The third kappa shape index (κ3) is 6.60. The molecule has 3 N–H and O–H groups in total. The van der Waals surface area contributed by atoms with Gasteiger partial charge in [-0.2, -0.15) is 0 Å². The molecule has 0 aliphatic carbocycles. The number of hydrogen-bond acceptors (Lipinski definition) is 4. The maximum Gasteiger partial charge on any atom is 0.253 e. The Bertz CT molecular complexity index is 1030. The highest BCUT2D eigenvalue weighted by Gasteiger charge is 2.11. The summed E-state index contributed by atoms with van der Waals surface area (Å²) in [6.07, 6.45) is 1.67. The average Bonchev–Trinajstić information content (AvgIpc) is 2.83. The summed E-state index contributed by atoms with van der Waals surface area (Å²) >= 11 is 0. The molecule has 3 rings (SSSR count). The Kier molecular flexibility index (Phi) is 8.26. The lowest BCUT2D eigenvalue weighted by Crippen LogP contribution is -2.28. The largest absolute Gasteiger partial charge is 0.497 e. The lowest BCUT2D eigenvalue weighted by molar-refractivity contribution is -0.114. The summed E-state index contributed by atoms with van der Waals surface area (Å²) in [6, 6.07) is 22.7. The fourth-order valence-electron chi connectivity index (χ4n) is 3.25. The number of para-hydroxylation sites is 1. The van der Waals surface area contributed by atoms with Crippen molar-refractivity contribution in [1.82, 2.24) is 5.32 Å². The van der Waals surface area contributed by atoms with E-state index >= 15 is 0 Å². The quantitative estimate of drug-likeness (QED) is 0.448. The van der Waals surface area contributed by atoms with Crippen LogP contribution in [-0.2, 0) is 17.6 Å². The molecule has 0 spiro atoms. The average molecular weight is 432 g/mol. The van der Waals surface area contributed by atoms with Gasteiger partial charge in [-0.1, -0.05) is 43.3 Å². The van der Waals surface area contributed by atoms with E-state index in [2.05, 4.69) is 22.9 Å². The van der Waals surface area contributed by atoms with E-state index in [0.29, 0.717) is 24.2 Å². The molecule has 0 atom stereocenters. The van der Waals surface area contributed by atoms with Crippen LogP contribution >= 0.6 is 0 Å². The zero-order valence-electron chi connectivity index (χ0n) is 18.5. The number of carbonyl (C=O) groups is 2. The second kappa shape index (κ2) is 11.6. The van der Waals surface area contributed by atoms with Crippen molar-refractivity contribution in [1.29, 1.82) is 0 Å². The summed E-state index contributed by atoms with van der Waals surface area (Å²) < 4.78 is 5.16. The first kappa shape index (κ1) is 22.9. The maximum atomic E-state index is 12.7. The number of anilines is 2. The molecule has 0 saturated carbocycles. The zero-order chi connectivity index (χ0) is 22.8. The lowest BCUT2D eigenvalue weighted by Gasteiger charge is -2.13. The van der Waals surface area contributed by atoms with E-state index in [0.717, 1.165) is 23.4 Å². The zero-order valence-corrected chi connectivity index (χ0v) is 18.5. The molecule has 32 heavy (non-hydrogen) atoms. The second-order valence-electron chi connectivity index (χ2n) is 7.35. The number of hydrogen-bond donors (Lipinski definition) is 3. The molecule has 166 valence electrons. The predicted molar refractivity (Wildman–Crippen MR) is 128 cm³/mol. The van der Waals surface area contributed by atoms with Crippen molar-refractivity contribution in [3.63, 3.8) is 0 Å². The standard InChI is InChI=1S/C26H29N3O3/c1-3-19-8-12-21(13-9-19)29-25(30)18-28-24-7-5-4-6-23(24)26(31)27-17-16-20-10-14-22(32-2)15-11-20/h4-15,28H,3,16-18H2,1-2H3,(H,27,31)(H,29,30). The number of carbonyl (C=O) groups excluding carboxylic acids is 2. The fourth-order valence-corrected chi connectivity index (χ4v) is 3.25. The van der Waals surface area contributed by atoms with Crippen LogP contribution in [0.3, 0.4) is 0 Å². The van der Waals surface area contributed by atoms with E-state index in [4.69, 9.17) is 4.74 Å². The van der Waals surface area contributed by atoms with Gasteiger partial charge in [0.25, 0.3) is 5.91 Å². The smallest absolute Gasteiger partial charge is 0.253 e. The van der Waals surface area contributed by atoms with Gasteiger partial charge in [0.05, 0.1) is 19.2 Å². The monoisotopic (exact) mass is 431 g/mol. The van der Waals surface area contributed by atoms with Crippen molar-refractivity contribution < 1.29 is 14.3 Å². The molecule has 0 aromatic heterocycles. The summed E-state index contributed by atoms with van der Waals surface area (Å²) in [5, 5.41) is 8.88. The van der Waals surface area contributed by atoms with Gasteiger partial charge in [-0.05, 0) is 60.4 Å². The molecule has 3 aromatic rings. The summed E-state index contributed by atoms with van der Waals surface area (Å²) in [5.41, 5.74) is 4.20. The minimum Gasteiger partial charge on any atom is -0.497 e. The minimum atomic E-state index is -0.183. The number of methoxy groups -OCH3 is 1. The van der Waals surface area contributed by atoms with Gasteiger partial charge in [-0.3, -0.25) is 9.59 Å². The number of benzene rings is 3. The van der Waals surface area contributed by atoms with Crippen LogP contribution in [0.1, 0.15) is 28.4 Å². The van der Waals surface area contributed by atoms with Crippen molar-refractivity contribution >= 4 is 23.2 Å². The number of ether oxygens (including phenoxy) is 1. The van der Waals surface area contributed by atoms with Crippen LogP contribution in [0.25, 0.3) is 0 Å². The molecular formula is C26H29N3O3. The summed E-state index contributed by atoms with van der Waals surface area (Å²) in [5.74, 6) is 0.445. The van der Waals surface area contributed by atoms with Crippen molar-refractivity contribution in [2.75, 3.05) is 30.8 Å². The molecule has 6 nitrogen and oxygen atoms in total. The number of aryl methyl sites for hydroxylation is 1. The first-order valence-electron chi connectivity index (χ1n) is 10.7. The molecular weight excluding hydrogens is 402 g/mol. The molecule has 0 fully saturated rings. The topological polar surface area (TPSA) is 79.5 Å². The van der Waals surface area contributed by atoms with Gasteiger partial charge in [0.1, 0.15) is 5.75 Å². The van der Waals surface area contributed by atoms with Crippen molar-refractivity contribution in [3.05, 3.63) is 89.5 Å². The normalized spacial score (nSPS) is 10.3. The fraction of sp³-hybridized carbons (Fsp3) is 0.231. The Hall–Kier alpha value is -3.80. The first-order valence-corrected chi connectivity index (χ1v) is 10.7. The van der Waals surface area contributed by atoms with Gasteiger partial charge in [0.2, 0.25) is 5.91 Å². The molecule has 0 aliphatic heterocycles. The van der Waals surface area contributed by atoms with E-state index in [9.17, 15) is 9.59 Å². The lowest BCUT2D eigenvalue weighted by atomic mass is 10.1. The summed E-state index contributed by atoms with van der Waals surface area (Å²) in [6.45, 7) is 2.66. The van der Waals surface area contributed by atoms with E-state index in [1.165, 1.54) is 5.56 Å². The Balaban J connectivity index is 1.51. The Labute approximate surface area is 189 Å². The molecule has 0 unspecified atom stereocenters. The predicted octanol–water partition coefficient (Wildman–Crippen LogP) is 4.28. The second-order valence-corrected chi connectivity index (χ2v) is 7.35. The van der Waals surface area contributed by atoms with E-state index < -0.39 is 0 Å². The molecule has 0 radical (unpaired) electrons. The number of amides is 2. The van der Waals surface area contributed by atoms with Gasteiger partial charge >= 0.3 is 0 Å². The first-order chi connectivity index (χ1) is 15.6. The van der Waals surface area contributed by atoms with Crippen LogP contribution in [0.15, 0.2) is 72.8 Å². The maximum absolute atomic E-state index is 12.7. The van der Waals surface area contributed by atoms with Crippen molar-refractivity contribution in [2.24, 2.45) is 0 Å². The van der Waals surface area contributed by atoms with Gasteiger partial charge < -0.3 is 20.7 Å². The molecule has 0 aliphatic rings. The van der Waals surface area contributed by atoms with Gasteiger partial charge in [0, 0.05) is 17.9 Å². The van der Waals surface area contributed by atoms with Crippen molar-refractivity contribution in [3.8, 4) is 5.75 Å². The van der Waals surface area contributed by atoms with Gasteiger partial charge in [-0.15, -0.1) is 0 Å². The number of nitrogens with one attached hydrogen (secondary N) is 3. The van der Waals surface area contributed by atoms with E-state index in [1.54, 1.807) is 25.3 Å². The van der Waals surface area contributed by atoms with Crippen LogP contribution in [0.5, 0.6) is 5.75 Å².